The normalized spacial score (nSPS) is 15.6. The Balaban J connectivity index is 2.35. The van der Waals surface area contributed by atoms with Gasteiger partial charge in [-0.25, -0.2) is 0 Å². The fourth-order valence-corrected chi connectivity index (χ4v) is 1.18. The third-order valence-electron chi connectivity index (χ3n) is 1.73. The van der Waals surface area contributed by atoms with Crippen molar-refractivity contribution in [3.63, 3.8) is 0 Å². The van der Waals surface area contributed by atoms with E-state index in [0.717, 1.165) is 18.4 Å². The number of esters is 1. The van der Waals surface area contributed by atoms with Gasteiger partial charge in [0.2, 0.25) is 0 Å². The van der Waals surface area contributed by atoms with Crippen molar-refractivity contribution < 1.29 is 9.53 Å². The standard InChI is InChI=1S/C10H14O2/c1-2-12-10(11)8-9-6-4-3-5-7-9/h4,6-7H,2-3,5,8H2,1H3. The minimum atomic E-state index is -0.129. The highest BCUT2D eigenvalue weighted by Gasteiger charge is 2.05. The minimum absolute atomic E-state index is 0.129. The van der Waals surface area contributed by atoms with Crippen LogP contribution in [0.5, 0.6) is 0 Å². The molecule has 1 rings (SSSR count). The third-order valence-corrected chi connectivity index (χ3v) is 1.73. The molecule has 0 saturated carbocycles. The number of rotatable bonds is 3. The lowest BCUT2D eigenvalue weighted by atomic mass is 10.0. The topological polar surface area (TPSA) is 26.3 Å². The summed E-state index contributed by atoms with van der Waals surface area (Å²) in [5.74, 6) is -0.129. The average molecular weight is 166 g/mol. The fourth-order valence-electron chi connectivity index (χ4n) is 1.18. The van der Waals surface area contributed by atoms with E-state index in [1.807, 2.05) is 13.0 Å². The second-order valence-electron chi connectivity index (χ2n) is 2.74. The Bertz CT molecular complexity index is 214. The van der Waals surface area contributed by atoms with Crippen LogP contribution in [0.3, 0.4) is 0 Å². The number of hydrogen-bond donors (Lipinski definition) is 0. The Kier molecular flexibility index (Phi) is 3.58. The van der Waals surface area contributed by atoms with Crippen molar-refractivity contribution in [2.45, 2.75) is 26.2 Å². The monoisotopic (exact) mass is 166 g/mol. The van der Waals surface area contributed by atoms with Gasteiger partial charge < -0.3 is 4.74 Å². The Morgan fingerprint density at radius 3 is 3.00 bits per heavy atom. The zero-order chi connectivity index (χ0) is 8.81. The molecule has 1 aliphatic carbocycles. The lowest BCUT2D eigenvalue weighted by molar-refractivity contribution is -0.142. The largest absolute Gasteiger partial charge is 0.466 e. The maximum Gasteiger partial charge on any atom is 0.310 e. The zero-order valence-corrected chi connectivity index (χ0v) is 7.38. The predicted octanol–water partition coefficient (Wildman–Crippen LogP) is 2.22. The van der Waals surface area contributed by atoms with Gasteiger partial charge in [0.25, 0.3) is 0 Å². The van der Waals surface area contributed by atoms with Gasteiger partial charge in [0.1, 0.15) is 0 Å². The second kappa shape index (κ2) is 4.75. The highest BCUT2D eigenvalue weighted by molar-refractivity contribution is 5.73. The van der Waals surface area contributed by atoms with E-state index >= 15 is 0 Å². The van der Waals surface area contributed by atoms with Gasteiger partial charge >= 0.3 is 5.97 Å². The molecule has 0 spiro atoms. The van der Waals surface area contributed by atoms with Gasteiger partial charge in [-0.1, -0.05) is 18.2 Å². The Morgan fingerprint density at radius 1 is 1.58 bits per heavy atom. The van der Waals surface area contributed by atoms with E-state index in [1.165, 1.54) is 0 Å². The van der Waals surface area contributed by atoms with Crippen LogP contribution in [0.2, 0.25) is 0 Å². The fraction of sp³-hybridized carbons (Fsp3) is 0.500. The molecule has 0 bridgehead atoms. The van der Waals surface area contributed by atoms with Gasteiger partial charge in [-0.3, -0.25) is 4.79 Å². The van der Waals surface area contributed by atoms with Crippen molar-refractivity contribution in [3.05, 3.63) is 23.8 Å². The van der Waals surface area contributed by atoms with E-state index in [1.54, 1.807) is 0 Å². The Labute approximate surface area is 72.9 Å². The molecule has 0 unspecified atom stereocenters. The van der Waals surface area contributed by atoms with E-state index in [-0.39, 0.29) is 5.97 Å². The summed E-state index contributed by atoms with van der Waals surface area (Å²) in [6.07, 6.45) is 8.74. The van der Waals surface area contributed by atoms with Crippen LogP contribution in [0.25, 0.3) is 0 Å². The Hall–Kier alpha value is -1.05. The quantitative estimate of drug-likeness (QED) is 0.601. The number of ether oxygens (including phenoxy) is 1. The number of allylic oxidation sites excluding steroid dienone is 3. The first kappa shape index (κ1) is 9.04. The van der Waals surface area contributed by atoms with E-state index < -0.39 is 0 Å². The van der Waals surface area contributed by atoms with Crippen molar-refractivity contribution >= 4 is 5.97 Å². The zero-order valence-electron chi connectivity index (χ0n) is 7.38. The molecule has 0 aliphatic heterocycles. The van der Waals surface area contributed by atoms with Gasteiger partial charge in [-0.05, 0) is 25.3 Å². The first-order chi connectivity index (χ1) is 5.83. The maximum atomic E-state index is 11.0. The SMILES string of the molecule is CCOC(=O)CC1=CCCC=C1. The van der Waals surface area contributed by atoms with Crippen LogP contribution < -0.4 is 0 Å². The highest BCUT2D eigenvalue weighted by Crippen LogP contribution is 2.13. The third kappa shape index (κ3) is 2.91. The van der Waals surface area contributed by atoms with Crippen LogP contribution in [0.15, 0.2) is 23.8 Å². The molecule has 0 aromatic heterocycles. The molecule has 0 amide bonds. The van der Waals surface area contributed by atoms with E-state index in [0.29, 0.717) is 13.0 Å². The summed E-state index contributed by atoms with van der Waals surface area (Å²) >= 11 is 0. The maximum absolute atomic E-state index is 11.0. The molecule has 0 heterocycles. The molecule has 0 aromatic carbocycles. The molecule has 2 nitrogen and oxygen atoms in total. The van der Waals surface area contributed by atoms with Crippen LogP contribution in [0, 0.1) is 0 Å². The summed E-state index contributed by atoms with van der Waals surface area (Å²) in [6, 6.07) is 0. The summed E-state index contributed by atoms with van der Waals surface area (Å²) in [7, 11) is 0. The van der Waals surface area contributed by atoms with Crippen molar-refractivity contribution in [1.82, 2.24) is 0 Å². The first-order valence-corrected chi connectivity index (χ1v) is 4.34. The molecule has 66 valence electrons. The van der Waals surface area contributed by atoms with Gasteiger partial charge in [0.05, 0.1) is 13.0 Å². The molecule has 2 heteroatoms. The number of carbonyl (C=O) groups is 1. The molecular formula is C10H14O2. The van der Waals surface area contributed by atoms with Crippen molar-refractivity contribution in [2.24, 2.45) is 0 Å². The molecule has 0 N–H and O–H groups in total. The summed E-state index contributed by atoms with van der Waals surface area (Å²) < 4.78 is 4.83. The van der Waals surface area contributed by atoms with Crippen molar-refractivity contribution in [1.29, 1.82) is 0 Å². The molecule has 1 aliphatic rings. The second-order valence-corrected chi connectivity index (χ2v) is 2.74. The molecule has 0 fully saturated rings. The molecular weight excluding hydrogens is 152 g/mol. The van der Waals surface area contributed by atoms with Gasteiger partial charge in [-0.15, -0.1) is 0 Å². The number of carbonyl (C=O) groups excluding carboxylic acids is 1. The molecule has 0 saturated heterocycles. The number of hydrogen-bond acceptors (Lipinski definition) is 2. The van der Waals surface area contributed by atoms with Crippen molar-refractivity contribution in [3.8, 4) is 0 Å². The minimum Gasteiger partial charge on any atom is -0.466 e. The lowest BCUT2D eigenvalue weighted by Crippen LogP contribution is -2.04. The van der Waals surface area contributed by atoms with Crippen molar-refractivity contribution in [2.75, 3.05) is 6.61 Å². The van der Waals surface area contributed by atoms with Crippen LogP contribution in [-0.2, 0) is 9.53 Å². The summed E-state index contributed by atoms with van der Waals surface area (Å²) in [6.45, 7) is 2.29. The predicted molar refractivity (Wildman–Crippen MR) is 47.7 cm³/mol. The molecule has 12 heavy (non-hydrogen) atoms. The van der Waals surface area contributed by atoms with Crippen LogP contribution in [0.1, 0.15) is 26.2 Å². The van der Waals surface area contributed by atoms with Crippen LogP contribution >= 0.6 is 0 Å². The van der Waals surface area contributed by atoms with Gasteiger partial charge in [0.15, 0.2) is 0 Å². The van der Waals surface area contributed by atoms with Gasteiger partial charge in [0, 0.05) is 0 Å². The first-order valence-electron chi connectivity index (χ1n) is 4.34. The smallest absolute Gasteiger partial charge is 0.310 e. The molecule has 0 radical (unpaired) electrons. The summed E-state index contributed by atoms with van der Waals surface area (Å²) in [5.41, 5.74) is 1.08. The van der Waals surface area contributed by atoms with Crippen LogP contribution in [0.4, 0.5) is 0 Å². The Morgan fingerprint density at radius 2 is 2.42 bits per heavy atom. The highest BCUT2D eigenvalue weighted by atomic mass is 16.5. The lowest BCUT2D eigenvalue weighted by Gasteiger charge is -2.05. The summed E-state index contributed by atoms with van der Waals surface area (Å²) in [5, 5.41) is 0. The molecule has 0 atom stereocenters. The van der Waals surface area contributed by atoms with E-state index in [4.69, 9.17) is 4.74 Å². The summed E-state index contributed by atoms with van der Waals surface area (Å²) in [4.78, 5) is 11.0. The average Bonchev–Trinajstić information content (AvgIpc) is 2.06. The van der Waals surface area contributed by atoms with E-state index in [9.17, 15) is 4.79 Å². The van der Waals surface area contributed by atoms with Crippen LogP contribution in [-0.4, -0.2) is 12.6 Å². The van der Waals surface area contributed by atoms with Gasteiger partial charge in [-0.2, -0.15) is 0 Å². The molecule has 0 aromatic rings. The van der Waals surface area contributed by atoms with E-state index in [2.05, 4.69) is 12.2 Å².